The van der Waals surface area contributed by atoms with Crippen LogP contribution in [0.15, 0.2) is 18.2 Å². The van der Waals surface area contributed by atoms with Crippen molar-refractivity contribution in [3.05, 3.63) is 33.8 Å². The molecule has 1 aromatic rings. The Bertz CT molecular complexity index is 521. The zero-order valence-electron chi connectivity index (χ0n) is 11.2. The minimum Gasteiger partial charge on any atom is -0.338 e. The van der Waals surface area contributed by atoms with Gasteiger partial charge in [0.1, 0.15) is 0 Å². The number of hydrogen-bond donors (Lipinski definition) is 1. The number of fused-ring (bicyclic) bond motifs is 1. The maximum Gasteiger partial charge on any atom is 0.227 e. The highest BCUT2D eigenvalue weighted by atomic mass is 35.5. The van der Waals surface area contributed by atoms with Crippen LogP contribution in [0.1, 0.15) is 18.4 Å². The zero-order chi connectivity index (χ0) is 14.1. The Labute approximate surface area is 129 Å². The van der Waals surface area contributed by atoms with Gasteiger partial charge in [-0.1, -0.05) is 29.3 Å². The van der Waals surface area contributed by atoms with E-state index in [4.69, 9.17) is 23.2 Å². The molecule has 1 aromatic carbocycles. The number of benzene rings is 1. The first-order valence-corrected chi connectivity index (χ1v) is 7.85. The molecule has 0 saturated carbocycles. The van der Waals surface area contributed by atoms with Crippen LogP contribution in [0, 0.1) is 5.92 Å². The average Bonchev–Trinajstić information content (AvgIpc) is 2.91. The summed E-state index contributed by atoms with van der Waals surface area (Å²) in [5.74, 6) is 0.822. The van der Waals surface area contributed by atoms with Crippen LogP contribution in [-0.2, 0) is 11.2 Å². The second kappa shape index (κ2) is 5.92. The van der Waals surface area contributed by atoms with Crippen LogP contribution < -0.4 is 5.32 Å². The third kappa shape index (κ3) is 2.80. The van der Waals surface area contributed by atoms with Crippen LogP contribution in [-0.4, -0.2) is 36.5 Å². The van der Waals surface area contributed by atoms with E-state index in [0.717, 1.165) is 31.6 Å². The summed E-state index contributed by atoms with van der Waals surface area (Å²) in [7, 11) is 0. The lowest BCUT2D eigenvalue weighted by Gasteiger charge is -2.37. The van der Waals surface area contributed by atoms with Gasteiger partial charge in [-0.15, -0.1) is 0 Å². The van der Waals surface area contributed by atoms with Crippen LogP contribution in [0.3, 0.4) is 0 Å². The molecule has 2 fully saturated rings. The summed E-state index contributed by atoms with van der Waals surface area (Å²) in [5.41, 5.74) is 0.928. The molecule has 2 heterocycles. The van der Waals surface area contributed by atoms with Crippen molar-refractivity contribution in [2.75, 3.05) is 19.6 Å². The van der Waals surface area contributed by atoms with Crippen LogP contribution in [0.5, 0.6) is 0 Å². The standard InChI is InChI=1S/C15H18Cl2N2O/c16-12-4-3-10(6-13(12)17)7-15(20)19-5-1-2-11-8-18-9-14(11)19/h3-4,6,11,14,18H,1-2,5,7-9H2. The Hall–Kier alpha value is -0.770. The molecular formula is C15H18Cl2N2O. The molecule has 2 unspecified atom stereocenters. The van der Waals surface area contributed by atoms with E-state index in [2.05, 4.69) is 10.2 Å². The van der Waals surface area contributed by atoms with Gasteiger partial charge in [0.2, 0.25) is 5.91 Å². The van der Waals surface area contributed by atoms with Crippen molar-refractivity contribution in [2.45, 2.75) is 25.3 Å². The number of carbonyl (C=O) groups is 1. The molecule has 0 aliphatic carbocycles. The van der Waals surface area contributed by atoms with Crippen molar-refractivity contribution in [1.82, 2.24) is 10.2 Å². The van der Waals surface area contributed by atoms with E-state index in [0.29, 0.717) is 28.4 Å². The van der Waals surface area contributed by atoms with E-state index in [9.17, 15) is 4.79 Å². The van der Waals surface area contributed by atoms with Gasteiger partial charge in [-0.05, 0) is 36.5 Å². The van der Waals surface area contributed by atoms with Crippen molar-refractivity contribution in [3.63, 3.8) is 0 Å². The molecule has 2 aliphatic rings. The average molecular weight is 313 g/mol. The first-order valence-electron chi connectivity index (χ1n) is 7.09. The molecule has 0 aromatic heterocycles. The van der Waals surface area contributed by atoms with E-state index in [1.165, 1.54) is 6.42 Å². The van der Waals surface area contributed by atoms with Crippen molar-refractivity contribution in [1.29, 1.82) is 0 Å². The number of carbonyl (C=O) groups excluding carboxylic acids is 1. The number of rotatable bonds is 2. The van der Waals surface area contributed by atoms with Crippen LogP contribution >= 0.6 is 23.2 Å². The van der Waals surface area contributed by atoms with Crippen LogP contribution in [0.2, 0.25) is 10.0 Å². The monoisotopic (exact) mass is 312 g/mol. The summed E-state index contributed by atoms with van der Waals surface area (Å²) in [6.45, 7) is 2.85. The lowest BCUT2D eigenvalue weighted by molar-refractivity contribution is -0.134. The second-order valence-electron chi connectivity index (χ2n) is 5.64. The van der Waals surface area contributed by atoms with E-state index < -0.39 is 0 Å². The highest BCUT2D eigenvalue weighted by Crippen LogP contribution is 2.28. The molecule has 20 heavy (non-hydrogen) atoms. The normalized spacial score (nSPS) is 25.6. The van der Waals surface area contributed by atoms with Crippen molar-refractivity contribution in [3.8, 4) is 0 Å². The Morgan fingerprint density at radius 1 is 1.30 bits per heavy atom. The summed E-state index contributed by atoms with van der Waals surface area (Å²) in [5, 5.41) is 4.44. The highest BCUT2D eigenvalue weighted by molar-refractivity contribution is 6.42. The minimum atomic E-state index is 0.196. The summed E-state index contributed by atoms with van der Waals surface area (Å²) in [6, 6.07) is 5.79. The molecule has 0 spiro atoms. The van der Waals surface area contributed by atoms with Gasteiger partial charge in [0, 0.05) is 25.7 Å². The number of amides is 1. The lowest BCUT2D eigenvalue weighted by atomic mass is 9.91. The molecule has 108 valence electrons. The summed E-state index contributed by atoms with van der Waals surface area (Å²) < 4.78 is 0. The Kier molecular flexibility index (Phi) is 4.20. The predicted molar refractivity (Wildman–Crippen MR) is 81.3 cm³/mol. The molecule has 5 heteroatoms. The van der Waals surface area contributed by atoms with Crippen LogP contribution in [0.25, 0.3) is 0 Å². The third-order valence-electron chi connectivity index (χ3n) is 4.34. The number of nitrogens with zero attached hydrogens (tertiary/aromatic N) is 1. The Morgan fingerprint density at radius 2 is 2.15 bits per heavy atom. The van der Waals surface area contributed by atoms with Gasteiger partial charge < -0.3 is 10.2 Å². The molecule has 2 atom stereocenters. The van der Waals surface area contributed by atoms with E-state index in [1.807, 2.05) is 6.07 Å². The van der Waals surface area contributed by atoms with Gasteiger partial charge in [0.05, 0.1) is 16.5 Å². The Balaban J connectivity index is 1.70. The van der Waals surface area contributed by atoms with E-state index in [1.54, 1.807) is 12.1 Å². The second-order valence-corrected chi connectivity index (χ2v) is 6.45. The molecule has 3 rings (SSSR count). The molecule has 2 aliphatic heterocycles. The largest absolute Gasteiger partial charge is 0.338 e. The zero-order valence-corrected chi connectivity index (χ0v) is 12.8. The quantitative estimate of drug-likeness (QED) is 0.910. The van der Waals surface area contributed by atoms with Gasteiger partial charge in [0.15, 0.2) is 0 Å². The fourth-order valence-electron chi connectivity index (χ4n) is 3.30. The molecule has 0 radical (unpaired) electrons. The maximum atomic E-state index is 12.5. The van der Waals surface area contributed by atoms with Crippen molar-refractivity contribution in [2.24, 2.45) is 5.92 Å². The van der Waals surface area contributed by atoms with Gasteiger partial charge in [-0.2, -0.15) is 0 Å². The first kappa shape index (κ1) is 14.2. The minimum absolute atomic E-state index is 0.196. The number of halogens is 2. The molecule has 3 nitrogen and oxygen atoms in total. The lowest BCUT2D eigenvalue weighted by Crippen LogP contribution is -2.48. The van der Waals surface area contributed by atoms with Crippen molar-refractivity contribution < 1.29 is 4.79 Å². The number of likely N-dealkylation sites (tertiary alicyclic amines) is 1. The molecule has 0 bridgehead atoms. The Morgan fingerprint density at radius 3 is 2.95 bits per heavy atom. The van der Waals surface area contributed by atoms with Gasteiger partial charge in [-0.3, -0.25) is 4.79 Å². The topological polar surface area (TPSA) is 32.3 Å². The molecule has 1 amide bonds. The summed E-state index contributed by atoms with van der Waals surface area (Å²) in [6.07, 6.45) is 2.74. The fraction of sp³-hybridized carbons (Fsp3) is 0.533. The predicted octanol–water partition coefficient (Wildman–Crippen LogP) is 2.75. The smallest absolute Gasteiger partial charge is 0.227 e. The number of piperidine rings is 1. The van der Waals surface area contributed by atoms with Gasteiger partial charge in [-0.25, -0.2) is 0 Å². The molecule has 2 saturated heterocycles. The van der Waals surface area contributed by atoms with Crippen LogP contribution in [0.4, 0.5) is 0 Å². The molecular weight excluding hydrogens is 295 g/mol. The fourth-order valence-corrected chi connectivity index (χ4v) is 3.62. The number of hydrogen-bond acceptors (Lipinski definition) is 2. The first-order chi connectivity index (χ1) is 9.65. The van der Waals surface area contributed by atoms with Gasteiger partial charge in [0.25, 0.3) is 0 Å². The summed E-state index contributed by atoms with van der Waals surface area (Å²) >= 11 is 11.9. The molecule has 1 N–H and O–H groups in total. The van der Waals surface area contributed by atoms with Crippen molar-refractivity contribution >= 4 is 29.1 Å². The van der Waals surface area contributed by atoms with Gasteiger partial charge >= 0.3 is 0 Å². The highest BCUT2D eigenvalue weighted by Gasteiger charge is 2.37. The maximum absolute atomic E-state index is 12.5. The van der Waals surface area contributed by atoms with E-state index >= 15 is 0 Å². The van der Waals surface area contributed by atoms with E-state index in [-0.39, 0.29) is 5.91 Å². The summed E-state index contributed by atoms with van der Waals surface area (Å²) in [4.78, 5) is 14.6. The SMILES string of the molecule is O=C(Cc1ccc(Cl)c(Cl)c1)N1CCCC2CNCC21. The number of nitrogens with one attached hydrogen (secondary N) is 1. The third-order valence-corrected chi connectivity index (χ3v) is 5.08.